The van der Waals surface area contributed by atoms with E-state index in [1.165, 1.54) is 6.33 Å². The Kier molecular flexibility index (Phi) is 5.51. The lowest BCUT2D eigenvalue weighted by Gasteiger charge is -2.22. The average molecular weight is 465 g/mol. The second-order valence-electron chi connectivity index (χ2n) is 8.65. The SMILES string of the molecule is O=c1[nH]ccc2cc(-c3cncnc3)nc(Nc3ccc(-c4cnn(C5CCNCC5)c4)cc3)c12. The van der Waals surface area contributed by atoms with Gasteiger partial charge >= 0.3 is 0 Å². The van der Waals surface area contributed by atoms with Gasteiger partial charge in [-0.05, 0) is 61.1 Å². The van der Waals surface area contributed by atoms with Crippen LogP contribution in [0.25, 0.3) is 33.2 Å². The number of nitrogens with zero attached hydrogens (tertiary/aromatic N) is 5. The van der Waals surface area contributed by atoms with Gasteiger partial charge in [0.25, 0.3) is 5.56 Å². The zero-order chi connectivity index (χ0) is 23.6. The zero-order valence-electron chi connectivity index (χ0n) is 19.0. The van der Waals surface area contributed by atoms with Crippen LogP contribution in [0.15, 0.2) is 78.5 Å². The molecule has 9 nitrogen and oxygen atoms in total. The summed E-state index contributed by atoms with van der Waals surface area (Å²) >= 11 is 0. The van der Waals surface area contributed by atoms with E-state index in [1.54, 1.807) is 18.6 Å². The van der Waals surface area contributed by atoms with Crippen molar-refractivity contribution in [2.75, 3.05) is 18.4 Å². The van der Waals surface area contributed by atoms with Gasteiger partial charge < -0.3 is 15.6 Å². The first-order valence-corrected chi connectivity index (χ1v) is 11.6. The van der Waals surface area contributed by atoms with Gasteiger partial charge in [0.05, 0.1) is 23.3 Å². The largest absolute Gasteiger partial charge is 0.340 e. The summed E-state index contributed by atoms with van der Waals surface area (Å²) in [5.41, 5.74) is 4.27. The van der Waals surface area contributed by atoms with Crippen molar-refractivity contribution < 1.29 is 0 Å². The van der Waals surface area contributed by atoms with E-state index in [2.05, 4.69) is 41.6 Å². The minimum Gasteiger partial charge on any atom is -0.340 e. The molecular formula is C26H24N8O. The minimum atomic E-state index is -0.199. The maximum Gasteiger partial charge on any atom is 0.259 e. The van der Waals surface area contributed by atoms with Gasteiger partial charge in [0.15, 0.2) is 0 Å². The number of piperidine rings is 1. The highest BCUT2D eigenvalue weighted by Crippen LogP contribution is 2.29. The van der Waals surface area contributed by atoms with E-state index in [0.717, 1.165) is 53.7 Å². The first-order valence-electron chi connectivity index (χ1n) is 11.6. The third kappa shape index (κ3) is 4.29. The molecule has 0 radical (unpaired) electrons. The van der Waals surface area contributed by atoms with E-state index in [0.29, 0.717) is 22.9 Å². The molecule has 9 heteroatoms. The molecule has 3 N–H and O–H groups in total. The number of nitrogens with one attached hydrogen (secondary N) is 3. The van der Waals surface area contributed by atoms with Gasteiger partial charge in [-0.15, -0.1) is 0 Å². The van der Waals surface area contributed by atoms with Crippen LogP contribution in [0.4, 0.5) is 11.5 Å². The third-order valence-electron chi connectivity index (χ3n) is 6.38. The van der Waals surface area contributed by atoms with Crippen molar-refractivity contribution in [2.45, 2.75) is 18.9 Å². The van der Waals surface area contributed by atoms with Crippen LogP contribution < -0.4 is 16.2 Å². The van der Waals surface area contributed by atoms with E-state index in [9.17, 15) is 4.79 Å². The predicted molar refractivity (Wildman–Crippen MR) is 135 cm³/mol. The van der Waals surface area contributed by atoms with Gasteiger partial charge in [0.2, 0.25) is 0 Å². The van der Waals surface area contributed by atoms with Crippen molar-refractivity contribution in [3.05, 3.63) is 84.1 Å². The molecule has 174 valence electrons. The van der Waals surface area contributed by atoms with Gasteiger partial charge in [0.1, 0.15) is 12.1 Å². The number of aromatic amines is 1. The van der Waals surface area contributed by atoms with Gasteiger partial charge in [-0.25, -0.2) is 15.0 Å². The maximum absolute atomic E-state index is 12.6. The second-order valence-corrected chi connectivity index (χ2v) is 8.65. The number of rotatable bonds is 5. The monoisotopic (exact) mass is 464 g/mol. The van der Waals surface area contributed by atoms with Crippen LogP contribution in [0.1, 0.15) is 18.9 Å². The van der Waals surface area contributed by atoms with E-state index in [4.69, 9.17) is 4.98 Å². The molecule has 0 bridgehead atoms. The molecule has 1 aromatic carbocycles. The van der Waals surface area contributed by atoms with Crippen LogP contribution in [0.2, 0.25) is 0 Å². The van der Waals surface area contributed by atoms with Crippen LogP contribution >= 0.6 is 0 Å². The molecule has 1 fully saturated rings. The quantitative estimate of drug-likeness (QED) is 0.361. The van der Waals surface area contributed by atoms with Crippen molar-refractivity contribution in [3.8, 4) is 22.4 Å². The third-order valence-corrected chi connectivity index (χ3v) is 6.38. The van der Waals surface area contributed by atoms with Crippen LogP contribution in [0.3, 0.4) is 0 Å². The molecule has 1 aliphatic heterocycles. The van der Waals surface area contributed by atoms with Crippen LogP contribution in [0, 0.1) is 0 Å². The summed E-state index contributed by atoms with van der Waals surface area (Å²) in [6, 6.07) is 12.3. The molecule has 0 spiro atoms. The lowest BCUT2D eigenvalue weighted by atomic mass is 10.1. The summed E-state index contributed by atoms with van der Waals surface area (Å²) in [5, 5.41) is 12.6. The number of hydrogen-bond acceptors (Lipinski definition) is 7. The number of benzene rings is 1. The number of fused-ring (bicyclic) bond motifs is 1. The molecule has 5 heterocycles. The smallest absolute Gasteiger partial charge is 0.259 e. The first-order chi connectivity index (χ1) is 17.2. The van der Waals surface area contributed by atoms with Gasteiger partial charge in [0, 0.05) is 41.6 Å². The predicted octanol–water partition coefficient (Wildman–Crippen LogP) is 3.91. The number of H-pyrrole nitrogens is 1. The van der Waals surface area contributed by atoms with Crippen molar-refractivity contribution in [2.24, 2.45) is 0 Å². The summed E-state index contributed by atoms with van der Waals surface area (Å²) in [4.78, 5) is 28.3. The highest BCUT2D eigenvalue weighted by molar-refractivity contribution is 5.95. The molecule has 6 rings (SSSR count). The Morgan fingerprint density at radius 3 is 2.54 bits per heavy atom. The molecule has 0 atom stereocenters. The Morgan fingerprint density at radius 1 is 0.943 bits per heavy atom. The molecule has 0 saturated carbocycles. The maximum atomic E-state index is 12.6. The van der Waals surface area contributed by atoms with Crippen LogP contribution in [0.5, 0.6) is 0 Å². The molecule has 1 aliphatic rings. The van der Waals surface area contributed by atoms with Crippen molar-refractivity contribution in [1.82, 2.24) is 35.0 Å². The molecule has 4 aromatic heterocycles. The van der Waals surface area contributed by atoms with Gasteiger partial charge in [-0.2, -0.15) is 5.10 Å². The number of aromatic nitrogens is 6. The lowest BCUT2D eigenvalue weighted by molar-refractivity contribution is 0.343. The Balaban J connectivity index is 1.30. The van der Waals surface area contributed by atoms with Gasteiger partial charge in [-0.3, -0.25) is 9.48 Å². The normalized spacial score (nSPS) is 14.3. The van der Waals surface area contributed by atoms with Crippen molar-refractivity contribution in [1.29, 1.82) is 0 Å². The highest BCUT2D eigenvalue weighted by Gasteiger charge is 2.16. The summed E-state index contributed by atoms with van der Waals surface area (Å²) in [7, 11) is 0. The lowest BCUT2D eigenvalue weighted by Crippen LogP contribution is -2.29. The molecule has 35 heavy (non-hydrogen) atoms. The molecular weight excluding hydrogens is 440 g/mol. The molecule has 0 aliphatic carbocycles. The molecule has 0 amide bonds. The Labute approximate surface area is 201 Å². The molecule has 5 aromatic rings. The summed E-state index contributed by atoms with van der Waals surface area (Å²) < 4.78 is 2.09. The van der Waals surface area contributed by atoms with E-state index in [1.807, 2.05) is 42.6 Å². The Morgan fingerprint density at radius 2 is 1.74 bits per heavy atom. The number of pyridine rings is 2. The summed E-state index contributed by atoms with van der Waals surface area (Å²) in [6.07, 6.45) is 12.8. The van der Waals surface area contributed by atoms with E-state index in [-0.39, 0.29) is 5.56 Å². The van der Waals surface area contributed by atoms with Crippen molar-refractivity contribution in [3.63, 3.8) is 0 Å². The minimum absolute atomic E-state index is 0.199. The standard InChI is InChI=1S/C26H24N8O/c35-26-24-18(5-10-30-26)11-23(19-12-28-16-29-13-19)33-25(24)32-21-3-1-17(2-4-21)20-14-31-34(15-20)22-6-8-27-9-7-22/h1-5,10-16,22,27H,6-9H2,(H,30,35)(H,32,33). The van der Waals surface area contributed by atoms with Crippen LogP contribution in [-0.2, 0) is 0 Å². The topological polar surface area (TPSA) is 113 Å². The van der Waals surface area contributed by atoms with Crippen LogP contribution in [-0.4, -0.2) is 42.8 Å². The average Bonchev–Trinajstić information content (AvgIpc) is 3.41. The fourth-order valence-corrected chi connectivity index (χ4v) is 4.52. The molecule has 1 saturated heterocycles. The summed E-state index contributed by atoms with van der Waals surface area (Å²) in [5.74, 6) is 0.481. The Bertz CT molecular complexity index is 1520. The first kappa shape index (κ1) is 21.2. The summed E-state index contributed by atoms with van der Waals surface area (Å²) in [6.45, 7) is 2.06. The van der Waals surface area contributed by atoms with Crippen molar-refractivity contribution >= 4 is 22.3 Å². The number of hydrogen-bond donors (Lipinski definition) is 3. The molecule has 0 unspecified atom stereocenters. The van der Waals surface area contributed by atoms with E-state index >= 15 is 0 Å². The Hall–Kier alpha value is -4.37. The van der Waals surface area contributed by atoms with E-state index < -0.39 is 0 Å². The highest BCUT2D eigenvalue weighted by atomic mass is 16.1. The van der Waals surface area contributed by atoms with Gasteiger partial charge in [-0.1, -0.05) is 12.1 Å². The second kappa shape index (κ2) is 9.11. The zero-order valence-corrected chi connectivity index (χ0v) is 19.0. The number of anilines is 2. The fraction of sp³-hybridized carbons (Fsp3) is 0.192. The fourth-order valence-electron chi connectivity index (χ4n) is 4.52.